The standard InChI is InChI=1S/C12H13N3O3/c1-8-5-9(6-13)7-14-12(8)15-10(16)3-4-11(17)18-2/h5,7H,3-4H2,1-2H3,(H,14,15,16). The number of nitriles is 1. The van der Waals surface area contributed by atoms with Gasteiger partial charge < -0.3 is 10.1 Å². The quantitative estimate of drug-likeness (QED) is 0.806. The number of ether oxygens (including phenoxy) is 1. The Morgan fingerprint density at radius 3 is 2.78 bits per heavy atom. The van der Waals surface area contributed by atoms with E-state index < -0.39 is 5.97 Å². The molecular formula is C12H13N3O3. The van der Waals surface area contributed by atoms with Crippen LogP contribution in [-0.2, 0) is 14.3 Å². The van der Waals surface area contributed by atoms with Gasteiger partial charge in [-0.2, -0.15) is 5.26 Å². The molecule has 0 bridgehead atoms. The van der Waals surface area contributed by atoms with Gasteiger partial charge in [-0.25, -0.2) is 4.98 Å². The smallest absolute Gasteiger partial charge is 0.306 e. The van der Waals surface area contributed by atoms with E-state index in [1.807, 2.05) is 6.07 Å². The van der Waals surface area contributed by atoms with Gasteiger partial charge in [0.15, 0.2) is 0 Å². The second-order valence-electron chi connectivity index (χ2n) is 3.63. The normalized spacial score (nSPS) is 9.39. The molecule has 94 valence electrons. The molecule has 0 radical (unpaired) electrons. The van der Waals surface area contributed by atoms with E-state index >= 15 is 0 Å². The number of aromatic nitrogens is 1. The molecule has 1 amide bonds. The van der Waals surface area contributed by atoms with Crippen molar-refractivity contribution in [2.75, 3.05) is 12.4 Å². The number of carbonyl (C=O) groups is 2. The van der Waals surface area contributed by atoms with Crippen LogP contribution in [0.2, 0.25) is 0 Å². The topological polar surface area (TPSA) is 92.1 Å². The van der Waals surface area contributed by atoms with Crippen LogP contribution in [0.25, 0.3) is 0 Å². The maximum atomic E-state index is 11.5. The van der Waals surface area contributed by atoms with Crippen LogP contribution >= 0.6 is 0 Å². The number of nitrogens with zero attached hydrogens (tertiary/aromatic N) is 2. The monoisotopic (exact) mass is 247 g/mol. The summed E-state index contributed by atoms with van der Waals surface area (Å²) in [6.45, 7) is 1.74. The van der Waals surface area contributed by atoms with Crippen molar-refractivity contribution >= 4 is 17.7 Å². The van der Waals surface area contributed by atoms with Gasteiger partial charge in [0.05, 0.1) is 19.1 Å². The Labute approximate surface area is 105 Å². The van der Waals surface area contributed by atoms with Crippen LogP contribution < -0.4 is 5.32 Å². The van der Waals surface area contributed by atoms with Crippen LogP contribution in [0.4, 0.5) is 5.82 Å². The number of amides is 1. The molecule has 1 heterocycles. The largest absolute Gasteiger partial charge is 0.469 e. The lowest BCUT2D eigenvalue weighted by atomic mass is 10.2. The minimum absolute atomic E-state index is 0.0255. The van der Waals surface area contributed by atoms with Crippen molar-refractivity contribution in [2.24, 2.45) is 0 Å². The summed E-state index contributed by atoms with van der Waals surface area (Å²) in [5.74, 6) is -0.362. The SMILES string of the molecule is COC(=O)CCC(=O)Nc1ncc(C#N)cc1C. The highest BCUT2D eigenvalue weighted by molar-refractivity contribution is 5.92. The predicted octanol–water partition coefficient (Wildman–Crippen LogP) is 1.15. The van der Waals surface area contributed by atoms with E-state index in [2.05, 4.69) is 15.0 Å². The van der Waals surface area contributed by atoms with E-state index in [4.69, 9.17) is 5.26 Å². The number of carbonyl (C=O) groups excluding carboxylic acids is 2. The third kappa shape index (κ3) is 3.87. The fourth-order valence-corrected chi connectivity index (χ4v) is 1.28. The van der Waals surface area contributed by atoms with Crippen molar-refractivity contribution in [1.29, 1.82) is 5.26 Å². The predicted molar refractivity (Wildman–Crippen MR) is 63.6 cm³/mol. The first-order valence-electron chi connectivity index (χ1n) is 5.30. The Kier molecular flexibility index (Phi) is 4.81. The molecule has 1 aromatic rings. The van der Waals surface area contributed by atoms with Crippen molar-refractivity contribution in [2.45, 2.75) is 19.8 Å². The molecule has 0 aliphatic rings. The molecule has 0 saturated carbocycles. The van der Waals surface area contributed by atoms with E-state index in [9.17, 15) is 9.59 Å². The lowest BCUT2D eigenvalue weighted by Gasteiger charge is -2.06. The fraction of sp³-hybridized carbons (Fsp3) is 0.333. The molecule has 1 rings (SSSR count). The van der Waals surface area contributed by atoms with Gasteiger partial charge in [-0.15, -0.1) is 0 Å². The number of rotatable bonds is 4. The molecule has 0 spiro atoms. The van der Waals surface area contributed by atoms with Crippen molar-refractivity contribution in [3.8, 4) is 6.07 Å². The Morgan fingerprint density at radius 1 is 1.50 bits per heavy atom. The van der Waals surface area contributed by atoms with E-state index in [-0.39, 0.29) is 18.7 Å². The molecule has 0 aromatic carbocycles. The van der Waals surface area contributed by atoms with Crippen LogP contribution in [-0.4, -0.2) is 24.0 Å². The third-order valence-corrected chi connectivity index (χ3v) is 2.25. The van der Waals surface area contributed by atoms with E-state index in [1.165, 1.54) is 13.3 Å². The summed E-state index contributed by atoms with van der Waals surface area (Å²) in [7, 11) is 1.27. The number of esters is 1. The average molecular weight is 247 g/mol. The second kappa shape index (κ2) is 6.35. The molecule has 0 aliphatic carbocycles. The number of aryl methyl sites for hydroxylation is 1. The molecule has 0 fully saturated rings. The molecule has 1 aromatic heterocycles. The highest BCUT2D eigenvalue weighted by Crippen LogP contribution is 2.12. The molecule has 6 nitrogen and oxygen atoms in total. The lowest BCUT2D eigenvalue weighted by molar-refractivity contribution is -0.141. The van der Waals surface area contributed by atoms with Crippen molar-refractivity contribution < 1.29 is 14.3 Å². The summed E-state index contributed by atoms with van der Waals surface area (Å²) < 4.78 is 4.43. The molecule has 0 unspecified atom stereocenters. The van der Waals surface area contributed by atoms with E-state index in [1.54, 1.807) is 13.0 Å². The molecule has 0 saturated heterocycles. The molecule has 6 heteroatoms. The summed E-state index contributed by atoms with van der Waals surface area (Å²) in [5.41, 5.74) is 1.13. The highest BCUT2D eigenvalue weighted by Gasteiger charge is 2.09. The Morgan fingerprint density at radius 2 is 2.22 bits per heavy atom. The number of anilines is 1. The maximum Gasteiger partial charge on any atom is 0.306 e. The second-order valence-corrected chi connectivity index (χ2v) is 3.63. The Balaban J connectivity index is 2.60. The zero-order valence-electron chi connectivity index (χ0n) is 10.2. The third-order valence-electron chi connectivity index (χ3n) is 2.25. The number of pyridine rings is 1. The highest BCUT2D eigenvalue weighted by atomic mass is 16.5. The Hall–Kier alpha value is -2.42. The fourth-order valence-electron chi connectivity index (χ4n) is 1.28. The summed E-state index contributed by atoms with van der Waals surface area (Å²) in [4.78, 5) is 26.3. The molecule has 18 heavy (non-hydrogen) atoms. The number of hydrogen-bond donors (Lipinski definition) is 1. The van der Waals surface area contributed by atoms with E-state index in [0.29, 0.717) is 16.9 Å². The van der Waals surface area contributed by atoms with Crippen LogP contribution in [0.1, 0.15) is 24.0 Å². The summed E-state index contributed by atoms with van der Waals surface area (Å²) in [5, 5.41) is 11.3. The summed E-state index contributed by atoms with van der Waals surface area (Å²) in [6, 6.07) is 3.59. The first kappa shape index (κ1) is 13.6. The van der Waals surface area contributed by atoms with Crippen molar-refractivity contribution in [1.82, 2.24) is 4.98 Å². The van der Waals surface area contributed by atoms with Crippen molar-refractivity contribution in [3.63, 3.8) is 0 Å². The molecular weight excluding hydrogens is 234 g/mol. The van der Waals surface area contributed by atoms with Crippen LogP contribution in [0, 0.1) is 18.3 Å². The molecule has 1 N–H and O–H groups in total. The van der Waals surface area contributed by atoms with Crippen LogP contribution in [0.15, 0.2) is 12.3 Å². The van der Waals surface area contributed by atoms with Gasteiger partial charge in [0, 0.05) is 12.6 Å². The zero-order chi connectivity index (χ0) is 13.5. The van der Waals surface area contributed by atoms with Crippen LogP contribution in [0.3, 0.4) is 0 Å². The summed E-state index contributed by atoms with van der Waals surface area (Å²) in [6.07, 6.45) is 1.44. The molecule has 0 atom stereocenters. The van der Waals surface area contributed by atoms with Gasteiger partial charge >= 0.3 is 5.97 Å². The van der Waals surface area contributed by atoms with Gasteiger partial charge in [0.2, 0.25) is 5.91 Å². The average Bonchev–Trinajstić information content (AvgIpc) is 2.38. The minimum Gasteiger partial charge on any atom is -0.469 e. The number of nitrogens with one attached hydrogen (secondary N) is 1. The van der Waals surface area contributed by atoms with Gasteiger partial charge in [-0.1, -0.05) is 0 Å². The minimum atomic E-state index is -0.436. The maximum absolute atomic E-state index is 11.5. The van der Waals surface area contributed by atoms with Crippen molar-refractivity contribution in [3.05, 3.63) is 23.4 Å². The van der Waals surface area contributed by atoms with Crippen LogP contribution in [0.5, 0.6) is 0 Å². The van der Waals surface area contributed by atoms with E-state index in [0.717, 1.165) is 0 Å². The van der Waals surface area contributed by atoms with Gasteiger partial charge in [0.1, 0.15) is 11.9 Å². The lowest BCUT2D eigenvalue weighted by Crippen LogP contribution is -2.15. The molecule has 0 aliphatic heterocycles. The summed E-state index contributed by atoms with van der Waals surface area (Å²) >= 11 is 0. The first-order chi connectivity index (χ1) is 8.56. The van der Waals surface area contributed by atoms with Gasteiger partial charge in [0.25, 0.3) is 0 Å². The number of hydrogen-bond acceptors (Lipinski definition) is 5. The number of methoxy groups -OCH3 is 1. The van der Waals surface area contributed by atoms with Gasteiger partial charge in [-0.3, -0.25) is 9.59 Å². The van der Waals surface area contributed by atoms with Gasteiger partial charge in [-0.05, 0) is 18.6 Å². The first-order valence-corrected chi connectivity index (χ1v) is 5.30. The Bertz CT molecular complexity index is 506. The zero-order valence-corrected chi connectivity index (χ0v) is 10.2.